The van der Waals surface area contributed by atoms with Crippen LogP contribution in [0.1, 0.15) is 26.5 Å². The molecule has 0 fully saturated rings. The van der Waals surface area contributed by atoms with Crippen molar-refractivity contribution in [2.75, 3.05) is 11.9 Å². The number of anilines is 1. The maximum Gasteiger partial charge on any atom is 0.407 e. The van der Waals surface area contributed by atoms with Crippen molar-refractivity contribution in [1.29, 1.82) is 0 Å². The maximum absolute atomic E-state index is 12.1. The van der Waals surface area contributed by atoms with E-state index in [0.29, 0.717) is 5.13 Å². The highest BCUT2D eigenvalue weighted by Crippen LogP contribution is 2.15. The smallest absolute Gasteiger partial charge is 0.407 e. The van der Waals surface area contributed by atoms with Crippen molar-refractivity contribution in [2.24, 2.45) is 5.92 Å². The van der Waals surface area contributed by atoms with E-state index in [1.54, 1.807) is 6.92 Å². The molecule has 106 valence electrons. The number of amides is 2. The molecule has 1 heterocycles. The van der Waals surface area contributed by atoms with E-state index in [0.717, 1.165) is 5.69 Å². The monoisotopic (exact) mass is 285 g/mol. The lowest BCUT2D eigenvalue weighted by Crippen LogP contribution is -2.47. The Balaban J connectivity index is 2.65. The quantitative estimate of drug-likeness (QED) is 0.868. The molecule has 6 nitrogen and oxygen atoms in total. The summed E-state index contributed by atoms with van der Waals surface area (Å²) in [6, 6.07) is -0.650. The van der Waals surface area contributed by atoms with Gasteiger partial charge in [0.25, 0.3) is 0 Å². The highest BCUT2D eigenvalue weighted by molar-refractivity contribution is 7.13. The summed E-state index contributed by atoms with van der Waals surface area (Å²) in [7, 11) is 0. The molecule has 0 aliphatic heterocycles. The standard InChI is InChI=1S/C12H19N3O3S/c1-5-18-12(17)14-9(7(2)3)10(16)15-11-13-8(4)6-19-11/h6-7,9H,5H2,1-4H3,(H,14,17)(H,13,15,16)/t9-/m1/s1. The number of nitrogens with one attached hydrogen (secondary N) is 2. The van der Waals surface area contributed by atoms with Gasteiger partial charge in [0.15, 0.2) is 5.13 Å². The van der Waals surface area contributed by atoms with Crippen LogP contribution in [0.3, 0.4) is 0 Å². The molecule has 2 N–H and O–H groups in total. The largest absolute Gasteiger partial charge is 0.450 e. The number of ether oxygens (including phenoxy) is 1. The van der Waals surface area contributed by atoms with Crippen LogP contribution in [-0.2, 0) is 9.53 Å². The number of carbonyl (C=O) groups is 2. The van der Waals surface area contributed by atoms with Crippen LogP contribution in [0.2, 0.25) is 0 Å². The van der Waals surface area contributed by atoms with E-state index in [1.807, 2.05) is 26.2 Å². The summed E-state index contributed by atoms with van der Waals surface area (Å²) in [6.45, 7) is 7.53. The molecule has 0 saturated carbocycles. The van der Waals surface area contributed by atoms with Crippen LogP contribution in [0.4, 0.5) is 9.93 Å². The SMILES string of the molecule is CCOC(=O)N[C@@H](C(=O)Nc1nc(C)cs1)C(C)C. The Morgan fingerprint density at radius 3 is 2.63 bits per heavy atom. The van der Waals surface area contributed by atoms with Crippen molar-refractivity contribution < 1.29 is 14.3 Å². The zero-order chi connectivity index (χ0) is 14.4. The first-order chi connectivity index (χ1) is 8.93. The van der Waals surface area contributed by atoms with E-state index in [2.05, 4.69) is 15.6 Å². The van der Waals surface area contributed by atoms with Crippen LogP contribution in [0.5, 0.6) is 0 Å². The van der Waals surface area contributed by atoms with E-state index < -0.39 is 12.1 Å². The van der Waals surface area contributed by atoms with E-state index in [-0.39, 0.29) is 18.4 Å². The number of hydrogen-bond donors (Lipinski definition) is 2. The minimum Gasteiger partial charge on any atom is -0.450 e. The minimum atomic E-state index is -0.650. The Bertz CT molecular complexity index is 445. The molecule has 7 heteroatoms. The fourth-order valence-corrected chi connectivity index (χ4v) is 2.12. The highest BCUT2D eigenvalue weighted by atomic mass is 32.1. The lowest BCUT2D eigenvalue weighted by Gasteiger charge is -2.20. The fourth-order valence-electron chi connectivity index (χ4n) is 1.43. The lowest BCUT2D eigenvalue weighted by atomic mass is 10.0. The van der Waals surface area contributed by atoms with Crippen molar-refractivity contribution >= 4 is 28.5 Å². The molecule has 1 aromatic rings. The van der Waals surface area contributed by atoms with Crippen molar-refractivity contribution in [1.82, 2.24) is 10.3 Å². The van der Waals surface area contributed by atoms with Gasteiger partial charge in [-0.25, -0.2) is 9.78 Å². The number of aryl methyl sites for hydroxylation is 1. The van der Waals surface area contributed by atoms with Crippen molar-refractivity contribution in [2.45, 2.75) is 33.7 Å². The predicted molar refractivity (Wildman–Crippen MR) is 74.3 cm³/mol. The Morgan fingerprint density at radius 1 is 1.47 bits per heavy atom. The number of thiazole rings is 1. The number of aromatic nitrogens is 1. The van der Waals surface area contributed by atoms with Crippen molar-refractivity contribution in [3.63, 3.8) is 0 Å². The van der Waals surface area contributed by atoms with Gasteiger partial charge in [0.2, 0.25) is 5.91 Å². The van der Waals surface area contributed by atoms with Gasteiger partial charge in [0.05, 0.1) is 12.3 Å². The molecule has 1 aromatic heterocycles. The molecule has 1 rings (SSSR count). The molecular weight excluding hydrogens is 266 g/mol. The van der Waals surface area contributed by atoms with Gasteiger partial charge in [-0.05, 0) is 19.8 Å². The summed E-state index contributed by atoms with van der Waals surface area (Å²) in [6.07, 6.45) is -0.591. The summed E-state index contributed by atoms with van der Waals surface area (Å²) < 4.78 is 4.78. The number of nitrogens with zero attached hydrogens (tertiary/aromatic N) is 1. The first-order valence-electron chi connectivity index (χ1n) is 6.10. The van der Waals surface area contributed by atoms with E-state index in [1.165, 1.54) is 11.3 Å². The van der Waals surface area contributed by atoms with Gasteiger partial charge in [0, 0.05) is 5.38 Å². The molecule has 0 radical (unpaired) electrons. The summed E-state index contributed by atoms with van der Waals surface area (Å²) in [5, 5.41) is 7.61. The number of carbonyl (C=O) groups excluding carboxylic acids is 2. The third kappa shape index (κ3) is 4.86. The molecule has 0 aromatic carbocycles. The molecule has 0 aliphatic carbocycles. The highest BCUT2D eigenvalue weighted by Gasteiger charge is 2.25. The van der Waals surface area contributed by atoms with Gasteiger partial charge in [-0.15, -0.1) is 11.3 Å². The molecule has 0 unspecified atom stereocenters. The lowest BCUT2D eigenvalue weighted by molar-refractivity contribution is -0.119. The Morgan fingerprint density at radius 2 is 2.16 bits per heavy atom. The summed E-state index contributed by atoms with van der Waals surface area (Å²) in [4.78, 5) is 27.6. The van der Waals surface area contributed by atoms with Gasteiger partial charge in [-0.3, -0.25) is 4.79 Å². The van der Waals surface area contributed by atoms with Crippen LogP contribution in [0, 0.1) is 12.8 Å². The van der Waals surface area contributed by atoms with E-state index in [4.69, 9.17) is 4.74 Å². The average molecular weight is 285 g/mol. The van der Waals surface area contributed by atoms with Crippen LogP contribution >= 0.6 is 11.3 Å². The summed E-state index contributed by atoms with van der Waals surface area (Å²) >= 11 is 1.35. The summed E-state index contributed by atoms with van der Waals surface area (Å²) in [5.41, 5.74) is 0.847. The molecule has 19 heavy (non-hydrogen) atoms. The summed E-state index contributed by atoms with van der Waals surface area (Å²) in [5.74, 6) is -0.345. The molecule has 0 saturated heterocycles. The van der Waals surface area contributed by atoms with Crippen LogP contribution < -0.4 is 10.6 Å². The number of hydrogen-bond acceptors (Lipinski definition) is 5. The Labute approximate surface area is 116 Å². The number of rotatable bonds is 5. The second-order valence-electron chi connectivity index (χ2n) is 4.37. The van der Waals surface area contributed by atoms with Crippen molar-refractivity contribution in [3.8, 4) is 0 Å². The third-order valence-electron chi connectivity index (χ3n) is 2.35. The normalized spacial score (nSPS) is 12.1. The van der Waals surface area contributed by atoms with Gasteiger partial charge < -0.3 is 15.4 Å². The zero-order valence-electron chi connectivity index (χ0n) is 11.5. The first kappa shape index (κ1) is 15.4. The van der Waals surface area contributed by atoms with Crippen molar-refractivity contribution in [3.05, 3.63) is 11.1 Å². The maximum atomic E-state index is 12.1. The molecule has 1 atom stereocenters. The second kappa shape index (κ2) is 7.08. The molecule has 0 aliphatic rings. The topological polar surface area (TPSA) is 80.3 Å². The first-order valence-corrected chi connectivity index (χ1v) is 6.98. The molecule has 0 spiro atoms. The van der Waals surface area contributed by atoms with Gasteiger partial charge in [0.1, 0.15) is 6.04 Å². The van der Waals surface area contributed by atoms with Crippen LogP contribution in [0.25, 0.3) is 0 Å². The zero-order valence-corrected chi connectivity index (χ0v) is 12.3. The third-order valence-corrected chi connectivity index (χ3v) is 3.22. The van der Waals surface area contributed by atoms with Crippen LogP contribution in [0.15, 0.2) is 5.38 Å². The molecular formula is C12H19N3O3S. The number of alkyl carbamates (subject to hydrolysis) is 1. The molecule has 2 amide bonds. The average Bonchev–Trinajstić information content (AvgIpc) is 2.71. The van der Waals surface area contributed by atoms with E-state index >= 15 is 0 Å². The second-order valence-corrected chi connectivity index (χ2v) is 5.23. The van der Waals surface area contributed by atoms with E-state index in [9.17, 15) is 9.59 Å². The van der Waals surface area contributed by atoms with Gasteiger partial charge >= 0.3 is 6.09 Å². The predicted octanol–water partition coefficient (Wildman–Crippen LogP) is 2.16. The molecule has 0 bridgehead atoms. The van der Waals surface area contributed by atoms with Gasteiger partial charge in [-0.1, -0.05) is 13.8 Å². The fraction of sp³-hybridized carbons (Fsp3) is 0.583. The van der Waals surface area contributed by atoms with Crippen LogP contribution in [-0.4, -0.2) is 29.6 Å². The van der Waals surface area contributed by atoms with Gasteiger partial charge in [-0.2, -0.15) is 0 Å². The Hall–Kier alpha value is -1.63. The minimum absolute atomic E-state index is 0.0505. The Kier molecular flexibility index (Phi) is 5.75.